The topological polar surface area (TPSA) is 125 Å². The number of rotatable bonds is 9. The van der Waals surface area contributed by atoms with E-state index in [0.29, 0.717) is 37.1 Å². The summed E-state index contributed by atoms with van der Waals surface area (Å²) in [7, 11) is -8.01. The van der Waals surface area contributed by atoms with E-state index in [1.807, 2.05) is 0 Å². The van der Waals surface area contributed by atoms with Gasteiger partial charge in [-0.1, -0.05) is 18.2 Å². The summed E-state index contributed by atoms with van der Waals surface area (Å²) in [4.78, 5) is -0.319. The molecular formula is C20H25FN2O6S2. The van der Waals surface area contributed by atoms with E-state index in [0.717, 1.165) is 12.8 Å². The van der Waals surface area contributed by atoms with Crippen molar-refractivity contribution in [2.75, 3.05) is 30.3 Å². The molecule has 0 amide bonds. The Morgan fingerprint density at radius 2 is 1.81 bits per heavy atom. The molecule has 0 saturated carbocycles. The second kappa shape index (κ2) is 9.94. The van der Waals surface area contributed by atoms with Crippen LogP contribution >= 0.6 is 0 Å². The molecule has 0 aliphatic carbocycles. The van der Waals surface area contributed by atoms with Gasteiger partial charge in [0.05, 0.1) is 18.0 Å². The number of para-hydroxylation sites is 1. The summed E-state index contributed by atoms with van der Waals surface area (Å²) in [5.74, 6) is -0.240. The largest absolute Gasteiger partial charge is 0.493 e. The van der Waals surface area contributed by atoms with Crippen molar-refractivity contribution in [3.8, 4) is 5.75 Å². The third-order valence-corrected chi connectivity index (χ3v) is 7.19. The standard InChI is InChI=1S/C20H25FN2O6S2/c21-17-6-5-16(19(13-17)29-14-15-7-10-28-11-8-15)9-12-30(24,25)23-18-3-1-2-4-20(18)31(22,26)27/h1-6,13,15,23H,7-12,14H2,(H2,22,26,27). The molecule has 31 heavy (non-hydrogen) atoms. The maximum absolute atomic E-state index is 13.7. The molecular weight excluding hydrogens is 447 g/mol. The van der Waals surface area contributed by atoms with Crippen molar-refractivity contribution in [1.29, 1.82) is 0 Å². The van der Waals surface area contributed by atoms with Gasteiger partial charge < -0.3 is 9.47 Å². The SMILES string of the molecule is NS(=O)(=O)c1ccccc1NS(=O)(=O)CCc1ccc(F)cc1OCC1CCOCC1. The van der Waals surface area contributed by atoms with Crippen LogP contribution in [0.2, 0.25) is 0 Å². The molecule has 0 spiro atoms. The lowest BCUT2D eigenvalue weighted by Crippen LogP contribution is -2.23. The molecule has 1 fully saturated rings. The molecule has 11 heteroatoms. The van der Waals surface area contributed by atoms with Crippen molar-refractivity contribution in [2.24, 2.45) is 11.1 Å². The van der Waals surface area contributed by atoms with Crippen molar-refractivity contribution in [1.82, 2.24) is 0 Å². The molecule has 1 aliphatic heterocycles. The second-order valence-corrected chi connectivity index (χ2v) is 10.7. The minimum Gasteiger partial charge on any atom is -0.493 e. The molecule has 0 bridgehead atoms. The Morgan fingerprint density at radius 1 is 1.10 bits per heavy atom. The molecule has 1 saturated heterocycles. The van der Waals surface area contributed by atoms with Crippen molar-refractivity contribution >= 4 is 25.7 Å². The molecule has 0 radical (unpaired) electrons. The number of benzene rings is 2. The van der Waals surface area contributed by atoms with Crippen LogP contribution in [0.1, 0.15) is 18.4 Å². The van der Waals surface area contributed by atoms with Crippen LogP contribution in [0.3, 0.4) is 0 Å². The van der Waals surface area contributed by atoms with Crippen LogP contribution < -0.4 is 14.6 Å². The van der Waals surface area contributed by atoms with Crippen LogP contribution in [-0.2, 0) is 31.2 Å². The second-order valence-electron chi connectivity index (χ2n) is 7.33. The molecule has 3 rings (SSSR count). The summed E-state index contributed by atoms with van der Waals surface area (Å²) < 4.78 is 75.6. The van der Waals surface area contributed by atoms with Gasteiger partial charge in [-0.05, 0) is 48.9 Å². The van der Waals surface area contributed by atoms with Gasteiger partial charge in [0.25, 0.3) is 0 Å². The van der Waals surface area contributed by atoms with E-state index in [2.05, 4.69) is 4.72 Å². The number of aryl methyl sites for hydroxylation is 1. The van der Waals surface area contributed by atoms with Crippen LogP contribution in [0.25, 0.3) is 0 Å². The Balaban J connectivity index is 1.69. The predicted octanol–water partition coefficient (Wildman–Crippen LogP) is 2.26. The quantitative estimate of drug-likeness (QED) is 0.577. The molecule has 170 valence electrons. The predicted molar refractivity (Wildman–Crippen MR) is 114 cm³/mol. The number of nitrogens with one attached hydrogen (secondary N) is 1. The highest BCUT2D eigenvalue weighted by Crippen LogP contribution is 2.25. The van der Waals surface area contributed by atoms with Crippen molar-refractivity contribution in [3.05, 3.63) is 53.8 Å². The summed E-state index contributed by atoms with van der Waals surface area (Å²) in [6, 6.07) is 9.44. The summed E-state index contributed by atoms with van der Waals surface area (Å²) in [6.07, 6.45) is 1.76. The van der Waals surface area contributed by atoms with Crippen molar-refractivity contribution in [3.63, 3.8) is 0 Å². The van der Waals surface area contributed by atoms with Gasteiger partial charge in [-0.25, -0.2) is 26.4 Å². The molecule has 1 aliphatic rings. The number of halogens is 1. The van der Waals surface area contributed by atoms with E-state index in [9.17, 15) is 21.2 Å². The number of ether oxygens (including phenoxy) is 2. The van der Waals surface area contributed by atoms with Gasteiger partial charge in [-0.3, -0.25) is 4.72 Å². The molecule has 0 atom stereocenters. The fraction of sp³-hybridized carbons (Fsp3) is 0.400. The fourth-order valence-corrected chi connectivity index (χ4v) is 5.11. The zero-order chi connectivity index (χ0) is 22.5. The Morgan fingerprint density at radius 3 is 2.52 bits per heavy atom. The monoisotopic (exact) mass is 472 g/mol. The highest BCUT2D eigenvalue weighted by molar-refractivity contribution is 7.93. The first-order valence-electron chi connectivity index (χ1n) is 9.75. The number of hydrogen-bond acceptors (Lipinski definition) is 6. The fourth-order valence-electron chi connectivity index (χ4n) is 3.25. The van der Waals surface area contributed by atoms with Crippen molar-refractivity contribution < 1.29 is 30.7 Å². The van der Waals surface area contributed by atoms with E-state index < -0.39 is 25.9 Å². The van der Waals surface area contributed by atoms with Gasteiger partial charge in [0.1, 0.15) is 16.5 Å². The van der Waals surface area contributed by atoms with Crippen LogP contribution in [0, 0.1) is 11.7 Å². The molecule has 2 aromatic carbocycles. The van der Waals surface area contributed by atoms with E-state index >= 15 is 0 Å². The zero-order valence-electron chi connectivity index (χ0n) is 16.8. The molecule has 8 nitrogen and oxygen atoms in total. The highest BCUT2D eigenvalue weighted by Gasteiger charge is 2.20. The lowest BCUT2D eigenvalue weighted by Gasteiger charge is -2.23. The summed E-state index contributed by atoms with van der Waals surface area (Å²) in [5, 5.41) is 5.15. The smallest absolute Gasteiger partial charge is 0.240 e. The van der Waals surface area contributed by atoms with Crippen LogP contribution in [0.5, 0.6) is 5.75 Å². The van der Waals surface area contributed by atoms with Gasteiger partial charge in [0, 0.05) is 19.3 Å². The highest BCUT2D eigenvalue weighted by atomic mass is 32.2. The third-order valence-electron chi connectivity index (χ3n) is 4.94. The molecule has 2 aromatic rings. The maximum Gasteiger partial charge on any atom is 0.240 e. The van der Waals surface area contributed by atoms with Gasteiger partial charge in [0.2, 0.25) is 20.0 Å². The minimum atomic E-state index is -4.10. The minimum absolute atomic E-state index is 0.0519. The normalized spacial score (nSPS) is 15.5. The first-order chi connectivity index (χ1) is 14.6. The summed E-state index contributed by atoms with van der Waals surface area (Å²) in [5.41, 5.74) is 0.415. The summed E-state index contributed by atoms with van der Waals surface area (Å²) in [6.45, 7) is 1.72. The zero-order valence-corrected chi connectivity index (χ0v) is 18.4. The number of nitrogens with two attached hydrogens (primary N) is 1. The van der Waals surface area contributed by atoms with Crippen molar-refractivity contribution in [2.45, 2.75) is 24.2 Å². The Hall–Kier alpha value is -2.21. The van der Waals surface area contributed by atoms with Gasteiger partial charge in [-0.15, -0.1) is 0 Å². The van der Waals surface area contributed by atoms with Gasteiger partial charge >= 0.3 is 0 Å². The molecule has 0 aromatic heterocycles. The number of sulfonamides is 2. The summed E-state index contributed by atoms with van der Waals surface area (Å²) >= 11 is 0. The Labute approximate surface area is 181 Å². The third kappa shape index (κ3) is 6.89. The van der Waals surface area contributed by atoms with E-state index in [4.69, 9.17) is 14.6 Å². The lowest BCUT2D eigenvalue weighted by atomic mass is 10.0. The van der Waals surface area contributed by atoms with Gasteiger partial charge in [-0.2, -0.15) is 0 Å². The number of anilines is 1. The van der Waals surface area contributed by atoms with Gasteiger partial charge in [0.15, 0.2) is 0 Å². The number of primary sulfonamides is 1. The lowest BCUT2D eigenvalue weighted by molar-refractivity contribution is 0.0496. The first-order valence-corrected chi connectivity index (χ1v) is 13.0. The van der Waals surface area contributed by atoms with Crippen LogP contribution in [-0.4, -0.2) is 42.4 Å². The van der Waals surface area contributed by atoms with E-state index in [-0.39, 0.29) is 22.8 Å². The molecule has 0 unspecified atom stereocenters. The Kier molecular flexibility index (Phi) is 7.52. The van der Waals surface area contributed by atoms with Crippen LogP contribution in [0.4, 0.5) is 10.1 Å². The van der Waals surface area contributed by atoms with Crippen LogP contribution in [0.15, 0.2) is 47.4 Å². The average molecular weight is 473 g/mol. The number of hydrogen-bond donors (Lipinski definition) is 2. The van der Waals surface area contributed by atoms with E-state index in [1.54, 1.807) is 0 Å². The molecule has 3 N–H and O–H groups in total. The van der Waals surface area contributed by atoms with E-state index in [1.165, 1.54) is 42.5 Å². The Bertz CT molecular complexity index is 1120. The average Bonchev–Trinajstić information content (AvgIpc) is 2.71. The first kappa shape index (κ1) is 23.5. The molecule has 1 heterocycles. The maximum atomic E-state index is 13.7.